The lowest BCUT2D eigenvalue weighted by atomic mass is 9.93. The van der Waals surface area contributed by atoms with Crippen molar-refractivity contribution >= 4 is 16.7 Å². The van der Waals surface area contributed by atoms with Gasteiger partial charge in [-0.25, -0.2) is 8.78 Å². The predicted octanol–water partition coefficient (Wildman–Crippen LogP) is 6.45. The van der Waals surface area contributed by atoms with Crippen molar-refractivity contribution in [1.29, 1.82) is 0 Å². The summed E-state index contributed by atoms with van der Waals surface area (Å²) < 4.78 is 70.2. The molecular formula is C30H39F4NO5S. The number of alkyl halides is 4. The molecule has 0 aliphatic carbocycles. The molecule has 0 saturated carbocycles. The molecule has 2 atom stereocenters. The fourth-order valence-electron chi connectivity index (χ4n) is 4.79. The molecule has 41 heavy (non-hydrogen) atoms. The Hall–Kier alpha value is -2.66. The Bertz CT molecular complexity index is 1160. The van der Waals surface area contributed by atoms with E-state index < -0.39 is 29.1 Å². The molecule has 0 fully saturated rings. The van der Waals surface area contributed by atoms with Gasteiger partial charge in [0, 0.05) is 54.4 Å². The zero-order valence-corrected chi connectivity index (χ0v) is 24.1. The predicted molar refractivity (Wildman–Crippen MR) is 150 cm³/mol. The van der Waals surface area contributed by atoms with Crippen LogP contribution in [0, 0.1) is 0 Å². The van der Waals surface area contributed by atoms with Gasteiger partial charge in [-0.15, -0.1) is 0 Å². The van der Waals surface area contributed by atoms with Gasteiger partial charge in [0.2, 0.25) is 0 Å². The van der Waals surface area contributed by atoms with Crippen molar-refractivity contribution in [1.82, 2.24) is 4.90 Å². The van der Waals surface area contributed by atoms with Gasteiger partial charge in [0.05, 0.1) is 12.6 Å². The van der Waals surface area contributed by atoms with Crippen molar-refractivity contribution in [3.8, 4) is 11.5 Å². The number of carbonyl (C=O) groups is 1. The van der Waals surface area contributed by atoms with Crippen LogP contribution in [0.3, 0.4) is 0 Å². The van der Waals surface area contributed by atoms with E-state index in [4.69, 9.17) is 4.74 Å². The number of rotatable bonds is 16. The maximum absolute atomic E-state index is 13.3. The molecular weight excluding hydrogens is 562 g/mol. The third kappa shape index (κ3) is 9.99. The summed E-state index contributed by atoms with van der Waals surface area (Å²) in [6, 6.07) is 11.1. The summed E-state index contributed by atoms with van der Waals surface area (Å²) in [7, 11) is -1.30. The van der Waals surface area contributed by atoms with Crippen molar-refractivity contribution in [3.63, 3.8) is 0 Å². The lowest BCUT2D eigenvalue weighted by Gasteiger charge is -2.37. The number of amides is 1. The zero-order chi connectivity index (χ0) is 30.0. The molecule has 228 valence electrons. The lowest BCUT2D eigenvalue weighted by molar-refractivity contribution is -0.200. The number of phenols is 2. The number of nitrogens with zero attached hydrogens (tertiary/aromatic N) is 1. The van der Waals surface area contributed by atoms with E-state index in [1.54, 1.807) is 29.2 Å². The van der Waals surface area contributed by atoms with Crippen LogP contribution in [0.5, 0.6) is 11.5 Å². The molecule has 11 heteroatoms. The molecule has 2 aromatic rings. The molecule has 1 aliphatic rings. The van der Waals surface area contributed by atoms with Gasteiger partial charge in [-0.3, -0.25) is 9.00 Å². The molecule has 2 aromatic carbocycles. The Kier molecular flexibility index (Phi) is 12.0. The van der Waals surface area contributed by atoms with Gasteiger partial charge in [0.25, 0.3) is 5.91 Å². The number of benzene rings is 2. The average molecular weight is 602 g/mol. The minimum absolute atomic E-state index is 0.00141. The molecule has 2 unspecified atom stereocenters. The fourth-order valence-corrected chi connectivity index (χ4v) is 5.98. The number of aromatic hydroxyl groups is 2. The van der Waals surface area contributed by atoms with Crippen LogP contribution in [0.4, 0.5) is 17.6 Å². The van der Waals surface area contributed by atoms with E-state index in [0.29, 0.717) is 43.9 Å². The lowest BCUT2D eigenvalue weighted by Crippen LogP contribution is -2.46. The van der Waals surface area contributed by atoms with Crippen molar-refractivity contribution in [2.45, 2.75) is 82.7 Å². The highest BCUT2D eigenvalue weighted by Crippen LogP contribution is 2.37. The van der Waals surface area contributed by atoms with Crippen molar-refractivity contribution < 1.29 is 41.5 Å². The number of ether oxygens (including phenoxy) is 1. The van der Waals surface area contributed by atoms with Crippen LogP contribution < -0.4 is 0 Å². The number of phenolic OH excluding ortho intramolecular Hbond substituents is 2. The quantitative estimate of drug-likeness (QED) is 0.171. The third-order valence-electron chi connectivity index (χ3n) is 7.28. The minimum atomic E-state index is -4.08. The van der Waals surface area contributed by atoms with Crippen molar-refractivity contribution in [2.75, 3.05) is 24.7 Å². The van der Waals surface area contributed by atoms with E-state index in [1.807, 2.05) is 6.07 Å². The molecule has 0 bridgehead atoms. The second-order valence-corrected chi connectivity index (χ2v) is 12.4. The monoisotopic (exact) mass is 601 g/mol. The van der Waals surface area contributed by atoms with Crippen LogP contribution in [0.15, 0.2) is 42.5 Å². The molecule has 2 N–H and O–H groups in total. The van der Waals surface area contributed by atoms with Gasteiger partial charge in [-0.1, -0.05) is 25.3 Å². The molecule has 1 aliphatic heterocycles. The Morgan fingerprint density at radius 3 is 2.27 bits per heavy atom. The summed E-state index contributed by atoms with van der Waals surface area (Å²) in [5.41, 5.74) is 2.40. The summed E-state index contributed by atoms with van der Waals surface area (Å²) in [5, 5.41) is 19.5. The largest absolute Gasteiger partial charge is 0.508 e. The summed E-state index contributed by atoms with van der Waals surface area (Å²) in [6.45, 7) is 1.41. The molecule has 0 radical (unpaired) electrons. The van der Waals surface area contributed by atoms with Gasteiger partial charge in [-0.05, 0) is 73.2 Å². The maximum atomic E-state index is 13.3. The van der Waals surface area contributed by atoms with Gasteiger partial charge in [0.15, 0.2) is 0 Å². The zero-order valence-electron chi connectivity index (χ0n) is 23.3. The van der Waals surface area contributed by atoms with E-state index in [1.165, 1.54) is 12.1 Å². The summed E-state index contributed by atoms with van der Waals surface area (Å²) in [4.78, 5) is 15.0. The second kappa shape index (κ2) is 15.0. The molecule has 0 aromatic heterocycles. The average Bonchev–Trinajstić information content (AvgIpc) is 2.91. The van der Waals surface area contributed by atoms with Crippen molar-refractivity contribution in [3.05, 3.63) is 59.2 Å². The van der Waals surface area contributed by atoms with Crippen LogP contribution in [0.25, 0.3) is 0 Å². The molecule has 1 heterocycles. The summed E-state index contributed by atoms with van der Waals surface area (Å²) in [5.74, 6) is -7.74. The van der Waals surface area contributed by atoms with Crippen LogP contribution >= 0.6 is 0 Å². The van der Waals surface area contributed by atoms with E-state index in [0.717, 1.165) is 36.8 Å². The number of carbonyl (C=O) groups excluding carboxylic acids is 1. The topological polar surface area (TPSA) is 87.1 Å². The first-order chi connectivity index (χ1) is 19.4. The van der Waals surface area contributed by atoms with Crippen LogP contribution in [-0.2, 0) is 28.5 Å². The Morgan fingerprint density at radius 2 is 1.56 bits per heavy atom. The minimum Gasteiger partial charge on any atom is -0.508 e. The highest BCUT2D eigenvalue weighted by Gasteiger charge is 2.51. The van der Waals surface area contributed by atoms with Crippen LogP contribution in [0.1, 0.15) is 73.4 Å². The van der Waals surface area contributed by atoms with Gasteiger partial charge < -0.3 is 19.8 Å². The van der Waals surface area contributed by atoms with E-state index in [-0.39, 0.29) is 42.5 Å². The van der Waals surface area contributed by atoms with E-state index in [9.17, 15) is 36.8 Å². The van der Waals surface area contributed by atoms with Gasteiger partial charge in [0.1, 0.15) is 11.5 Å². The molecule has 0 saturated heterocycles. The smallest absolute Gasteiger partial charge is 0.309 e. The van der Waals surface area contributed by atoms with E-state index >= 15 is 0 Å². The molecule has 0 spiro atoms. The van der Waals surface area contributed by atoms with Crippen molar-refractivity contribution in [2.24, 2.45) is 0 Å². The second-order valence-electron chi connectivity index (χ2n) is 10.7. The van der Waals surface area contributed by atoms with Gasteiger partial charge in [-0.2, -0.15) is 8.78 Å². The molecule has 6 nitrogen and oxygen atoms in total. The number of halogens is 4. The maximum Gasteiger partial charge on any atom is 0.309 e. The van der Waals surface area contributed by atoms with E-state index in [2.05, 4.69) is 0 Å². The highest BCUT2D eigenvalue weighted by molar-refractivity contribution is 7.84. The standard InChI is InChI=1S/C30H39F4NO5S/c1-29(31,32)30(33,34)14-7-17-41(39)16-6-4-2-3-5-15-40-21-25-18-23-10-13-27(37)19-24(23)20-35(25)28(38)22-8-11-26(36)12-9-22/h8-13,19,25,36-37H,2-7,14-18,20-21H2,1H3. The Morgan fingerprint density at radius 1 is 0.927 bits per heavy atom. The summed E-state index contributed by atoms with van der Waals surface area (Å²) >= 11 is 0. The number of hydrogen-bond donors (Lipinski definition) is 2. The first-order valence-corrected chi connectivity index (χ1v) is 15.5. The SMILES string of the molecule is CC(F)(F)C(F)(F)CCCS(=O)CCCCCCCOCC1Cc2ccc(O)cc2CN1C(=O)c1ccc(O)cc1. The van der Waals surface area contributed by atoms with Crippen LogP contribution in [-0.4, -0.2) is 67.8 Å². The number of unbranched alkanes of at least 4 members (excludes halogenated alkanes) is 4. The normalized spacial score (nSPS) is 16.4. The Balaban J connectivity index is 1.35. The first-order valence-electron chi connectivity index (χ1n) is 14.0. The molecule has 3 rings (SSSR count). The molecule has 1 amide bonds. The van der Waals surface area contributed by atoms with Gasteiger partial charge >= 0.3 is 11.8 Å². The first kappa shape index (κ1) is 32.8. The van der Waals surface area contributed by atoms with Crippen LogP contribution in [0.2, 0.25) is 0 Å². The number of hydrogen-bond acceptors (Lipinski definition) is 5. The third-order valence-corrected chi connectivity index (χ3v) is 8.77. The highest BCUT2D eigenvalue weighted by atomic mass is 32.2. The number of fused-ring (bicyclic) bond motifs is 1. The summed E-state index contributed by atoms with van der Waals surface area (Å²) in [6.07, 6.45) is 3.53. The Labute approximate surface area is 241 Å². The fraction of sp³-hybridized carbons (Fsp3) is 0.567.